The van der Waals surface area contributed by atoms with Crippen molar-refractivity contribution in [3.63, 3.8) is 0 Å². The number of rotatable bonds is 4. The largest absolute Gasteiger partial charge is 0.478 e. The molecule has 0 fully saturated rings. The second-order valence-electron chi connectivity index (χ2n) is 3.12. The highest BCUT2D eigenvalue weighted by Crippen LogP contribution is 2.21. The van der Waals surface area contributed by atoms with Crippen LogP contribution in [0.15, 0.2) is 28.2 Å². The van der Waals surface area contributed by atoms with E-state index in [2.05, 4.69) is 10.2 Å². The summed E-state index contributed by atoms with van der Waals surface area (Å²) < 4.78 is 6.89. The van der Waals surface area contributed by atoms with Crippen LogP contribution in [0.3, 0.4) is 0 Å². The number of thioether (sulfide) groups is 1. The summed E-state index contributed by atoms with van der Waals surface area (Å²) in [6.07, 6.45) is 2.84. The lowest BCUT2D eigenvalue weighted by molar-refractivity contribution is 0.0696. The van der Waals surface area contributed by atoms with E-state index in [1.165, 1.54) is 24.1 Å². The predicted octanol–water partition coefficient (Wildman–Crippen LogP) is 1.40. The molecule has 2 heterocycles. The van der Waals surface area contributed by atoms with Crippen molar-refractivity contribution < 1.29 is 14.3 Å². The van der Waals surface area contributed by atoms with Gasteiger partial charge in [-0.15, -0.1) is 10.2 Å². The predicted molar refractivity (Wildman–Crippen MR) is 56.2 cm³/mol. The van der Waals surface area contributed by atoms with Gasteiger partial charge in [-0.2, -0.15) is 0 Å². The Morgan fingerprint density at radius 2 is 2.50 bits per heavy atom. The summed E-state index contributed by atoms with van der Waals surface area (Å²) in [6.45, 7) is 0. The van der Waals surface area contributed by atoms with Crippen LogP contribution < -0.4 is 0 Å². The number of furan rings is 1. The molecule has 2 aromatic rings. The molecule has 0 spiro atoms. The average Bonchev–Trinajstić information content (AvgIpc) is 2.83. The van der Waals surface area contributed by atoms with Gasteiger partial charge in [0.25, 0.3) is 0 Å². The van der Waals surface area contributed by atoms with Crippen molar-refractivity contribution >= 4 is 17.7 Å². The monoisotopic (exact) mass is 239 g/mol. The lowest BCUT2D eigenvalue weighted by Crippen LogP contribution is -1.92. The Morgan fingerprint density at radius 3 is 3.06 bits per heavy atom. The van der Waals surface area contributed by atoms with Crippen LogP contribution in [0.5, 0.6) is 0 Å². The van der Waals surface area contributed by atoms with Gasteiger partial charge in [-0.25, -0.2) is 4.79 Å². The van der Waals surface area contributed by atoms with Gasteiger partial charge in [0.1, 0.15) is 18.4 Å². The number of nitrogens with zero attached hydrogens (tertiary/aromatic N) is 3. The van der Waals surface area contributed by atoms with Crippen molar-refractivity contribution in [1.82, 2.24) is 14.8 Å². The van der Waals surface area contributed by atoms with Gasteiger partial charge in [-0.1, -0.05) is 11.8 Å². The van der Waals surface area contributed by atoms with Crippen molar-refractivity contribution in [2.75, 3.05) is 0 Å². The molecule has 0 bridgehead atoms. The van der Waals surface area contributed by atoms with Crippen LogP contribution in [-0.4, -0.2) is 25.8 Å². The quantitative estimate of drug-likeness (QED) is 0.812. The first-order valence-electron chi connectivity index (χ1n) is 4.44. The van der Waals surface area contributed by atoms with Crippen LogP contribution in [0.25, 0.3) is 0 Å². The van der Waals surface area contributed by atoms with Crippen LogP contribution in [0.4, 0.5) is 0 Å². The third kappa shape index (κ3) is 2.25. The van der Waals surface area contributed by atoms with E-state index in [1.807, 2.05) is 7.05 Å². The van der Waals surface area contributed by atoms with Crippen molar-refractivity contribution in [1.29, 1.82) is 0 Å². The maximum Gasteiger partial charge on any atom is 0.338 e. The molecule has 0 amide bonds. The molecular weight excluding hydrogens is 230 g/mol. The molecular formula is C9H9N3O3S. The molecule has 1 N–H and O–H groups in total. The number of carboxylic acid groups (broad SMARTS) is 1. The molecule has 0 radical (unpaired) electrons. The fraction of sp³-hybridized carbons (Fsp3) is 0.222. The third-order valence-electron chi connectivity index (χ3n) is 1.91. The van der Waals surface area contributed by atoms with E-state index >= 15 is 0 Å². The average molecular weight is 239 g/mol. The Morgan fingerprint density at radius 1 is 1.69 bits per heavy atom. The van der Waals surface area contributed by atoms with Gasteiger partial charge < -0.3 is 14.1 Å². The van der Waals surface area contributed by atoms with Gasteiger partial charge in [0.05, 0.1) is 11.3 Å². The Balaban J connectivity index is 2.00. The topological polar surface area (TPSA) is 81.2 Å². The zero-order valence-corrected chi connectivity index (χ0v) is 9.27. The molecule has 2 aromatic heterocycles. The zero-order valence-electron chi connectivity index (χ0n) is 8.45. The second-order valence-corrected chi connectivity index (χ2v) is 4.06. The SMILES string of the molecule is Cn1cnnc1SCc1cc(C(=O)O)co1. The standard InChI is InChI=1S/C9H9N3O3S/c1-12-5-10-11-9(12)16-4-7-2-6(3-15-7)8(13)14/h2-3,5H,4H2,1H3,(H,13,14). The van der Waals surface area contributed by atoms with Crippen LogP contribution >= 0.6 is 11.8 Å². The molecule has 0 saturated carbocycles. The molecule has 2 rings (SSSR count). The number of hydrogen-bond donors (Lipinski definition) is 1. The number of hydrogen-bond acceptors (Lipinski definition) is 5. The zero-order chi connectivity index (χ0) is 11.5. The third-order valence-corrected chi connectivity index (χ3v) is 2.97. The molecule has 6 nitrogen and oxygen atoms in total. The molecule has 0 aliphatic rings. The van der Waals surface area contributed by atoms with Gasteiger partial charge in [-0.3, -0.25) is 0 Å². The molecule has 0 saturated heterocycles. The summed E-state index contributed by atoms with van der Waals surface area (Å²) in [7, 11) is 1.84. The summed E-state index contributed by atoms with van der Waals surface area (Å²) in [6, 6.07) is 1.51. The molecule has 84 valence electrons. The lowest BCUT2D eigenvalue weighted by Gasteiger charge is -1.96. The molecule has 0 aliphatic heterocycles. The molecule has 0 aromatic carbocycles. The normalized spacial score (nSPS) is 10.6. The summed E-state index contributed by atoms with van der Waals surface area (Å²) in [5, 5.41) is 17.1. The van der Waals surface area contributed by atoms with Gasteiger partial charge >= 0.3 is 5.97 Å². The summed E-state index contributed by atoms with van der Waals surface area (Å²) in [4.78, 5) is 10.6. The Bertz CT molecular complexity index is 506. The van der Waals surface area contributed by atoms with Crippen molar-refractivity contribution in [2.45, 2.75) is 10.9 Å². The minimum atomic E-state index is -0.987. The number of carbonyl (C=O) groups is 1. The van der Waals surface area contributed by atoms with Gasteiger partial charge in [0, 0.05) is 7.05 Å². The Labute approximate surface area is 95.3 Å². The van der Waals surface area contributed by atoms with Gasteiger partial charge in [0.15, 0.2) is 5.16 Å². The minimum Gasteiger partial charge on any atom is -0.478 e. The number of aromatic carboxylic acids is 1. The van der Waals surface area contributed by atoms with E-state index in [-0.39, 0.29) is 5.56 Å². The highest BCUT2D eigenvalue weighted by molar-refractivity contribution is 7.98. The minimum absolute atomic E-state index is 0.161. The number of aryl methyl sites for hydroxylation is 1. The second kappa shape index (κ2) is 4.40. The van der Waals surface area contributed by atoms with E-state index in [0.717, 1.165) is 5.16 Å². The summed E-state index contributed by atoms with van der Waals surface area (Å²) in [5.41, 5.74) is 0.161. The highest BCUT2D eigenvalue weighted by Gasteiger charge is 2.09. The van der Waals surface area contributed by atoms with Crippen molar-refractivity contribution in [2.24, 2.45) is 7.05 Å². The first kappa shape index (κ1) is 10.7. The van der Waals surface area contributed by atoms with Crippen LogP contribution in [0.2, 0.25) is 0 Å². The molecule has 0 unspecified atom stereocenters. The maximum atomic E-state index is 10.6. The van der Waals surface area contributed by atoms with Gasteiger partial charge in [-0.05, 0) is 6.07 Å². The Hall–Kier alpha value is -1.76. The number of aromatic nitrogens is 3. The lowest BCUT2D eigenvalue weighted by atomic mass is 10.3. The van der Waals surface area contributed by atoms with Crippen LogP contribution in [-0.2, 0) is 12.8 Å². The van der Waals surface area contributed by atoms with Crippen LogP contribution in [0.1, 0.15) is 16.1 Å². The van der Waals surface area contributed by atoms with E-state index in [0.29, 0.717) is 11.5 Å². The van der Waals surface area contributed by atoms with Crippen molar-refractivity contribution in [3.8, 4) is 0 Å². The molecule has 0 aliphatic carbocycles. The summed E-state index contributed by atoms with van der Waals surface area (Å²) >= 11 is 1.43. The highest BCUT2D eigenvalue weighted by atomic mass is 32.2. The first-order chi connectivity index (χ1) is 7.66. The van der Waals surface area contributed by atoms with Gasteiger partial charge in [0.2, 0.25) is 0 Å². The molecule has 16 heavy (non-hydrogen) atoms. The smallest absolute Gasteiger partial charge is 0.338 e. The van der Waals surface area contributed by atoms with Crippen LogP contribution in [0, 0.1) is 0 Å². The van der Waals surface area contributed by atoms with E-state index in [1.54, 1.807) is 10.9 Å². The first-order valence-corrected chi connectivity index (χ1v) is 5.43. The number of carboxylic acids is 1. The Kier molecular flexibility index (Phi) is 2.95. The van der Waals surface area contributed by atoms with E-state index in [4.69, 9.17) is 9.52 Å². The van der Waals surface area contributed by atoms with E-state index < -0.39 is 5.97 Å². The van der Waals surface area contributed by atoms with E-state index in [9.17, 15) is 4.79 Å². The van der Waals surface area contributed by atoms with Crippen molar-refractivity contribution in [3.05, 3.63) is 30.0 Å². The fourth-order valence-electron chi connectivity index (χ4n) is 1.11. The molecule has 0 atom stereocenters. The maximum absolute atomic E-state index is 10.6. The fourth-order valence-corrected chi connectivity index (χ4v) is 1.89. The molecule has 7 heteroatoms. The summed E-state index contributed by atoms with van der Waals surface area (Å²) in [5.74, 6) is 0.142.